The minimum Gasteiger partial charge on any atom is -0.258 e. The van der Waals surface area contributed by atoms with Crippen molar-refractivity contribution in [1.82, 2.24) is 0 Å². The Bertz CT molecular complexity index is 750. The lowest BCUT2D eigenvalue weighted by molar-refractivity contribution is 1.06. The van der Waals surface area contributed by atoms with Gasteiger partial charge in [0.15, 0.2) is 0 Å². The number of aryl methyl sites for hydroxylation is 2. The van der Waals surface area contributed by atoms with Crippen molar-refractivity contribution in [3.63, 3.8) is 0 Å². The van der Waals surface area contributed by atoms with Crippen LogP contribution in [0.1, 0.15) is 23.8 Å². The summed E-state index contributed by atoms with van der Waals surface area (Å²) in [4.78, 5) is 6.19. The molecule has 0 N–H and O–H groups in total. The van der Waals surface area contributed by atoms with Gasteiger partial charge >= 0.3 is 0 Å². The van der Waals surface area contributed by atoms with E-state index in [9.17, 15) is 0 Å². The molecule has 0 saturated heterocycles. The van der Waals surface area contributed by atoms with Gasteiger partial charge in [0.2, 0.25) is 0 Å². The maximum Gasteiger partial charge on any atom is 0.0658 e. The van der Waals surface area contributed by atoms with Crippen LogP contribution in [-0.4, -0.2) is 5.71 Å². The fraction of sp³-hybridized carbons (Fsp3) is 0.211. The molecule has 0 bridgehead atoms. The van der Waals surface area contributed by atoms with Crippen LogP contribution in [0, 0.1) is 6.92 Å². The molecule has 2 heteroatoms. The van der Waals surface area contributed by atoms with Crippen molar-refractivity contribution in [2.75, 3.05) is 0 Å². The van der Waals surface area contributed by atoms with E-state index in [1.54, 1.807) is 0 Å². The molecule has 106 valence electrons. The van der Waals surface area contributed by atoms with Crippen molar-refractivity contribution in [2.24, 2.45) is 4.99 Å². The van der Waals surface area contributed by atoms with E-state index < -0.39 is 0 Å². The first-order chi connectivity index (χ1) is 10.2. The van der Waals surface area contributed by atoms with Gasteiger partial charge in [-0.3, -0.25) is 4.99 Å². The molecule has 0 saturated carbocycles. The van der Waals surface area contributed by atoms with Gasteiger partial charge in [0.05, 0.1) is 5.69 Å². The molecule has 0 aliphatic carbocycles. The van der Waals surface area contributed by atoms with Crippen molar-refractivity contribution in [2.45, 2.75) is 26.7 Å². The highest BCUT2D eigenvalue weighted by atomic mass is 32.1. The fourth-order valence-electron chi connectivity index (χ4n) is 2.41. The molecule has 0 aliphatic heterocycles. The van der Waals surface area contributed by atoms with Crippen LogP contribution >= 0.6 is 11.3 Å². The second kappa shape index (κ2) is 6.23. The highest BCUT2D eigenvalue weighted by Crippen LogP contribution is 2.26. The Kier molecular flexibility index (Phi) is 4.16. The van der Waals surface area contributed by atoms with E-state index in [4.69, 9.17) is 4.99 Å². The third kappa shape index (κ3) is 3.40. The Balaban J connectivity index is 1.71. The van der Waals surface area contributed by atoms with Crippen LogP contribution in [0.4, 0.5) is 5.69 Å². The van der Waals surface area contributed by atoms with E-state index in [2.05, 4.69) is 62.4 Å². The number of hydrogen-bond acceptors (Lipinski definition) is 2. The van der Waals surface area contributed by atoms with Crippen molar-refractivity contribution in [1.29, 1.82) is 0 Å². The number of hydrogen-bond donors (Lipinski definition) is 0. The monoisotopic (exact) mass is 293 g/mol. The maximum atomic E-state index is 4.75. The Morgan fingerprint density at radius 1 is 1.05 bits per heavy atom. The molecule has 0 aliphatic rings. The van der Waals surface area contributed by atoms with Gasteiger partial charge in [0, 0.05) is 15.3 Å². The SMILES string of the molecule is CC(CCc1cc2ccccc2s1)=Nc1ccccc1C. The summed E-state index contributed by atoms with van der Waals surface area (Å²) in [5.41, 5.74) is 3.52. The largest absolute Gasteiger partial charge is 0.258 e. The zero-order chi connectivity index (χ0) is 14.7. The first-order valence-corrected chi connectivity index (χ1v) is 8.11. The minimum atomic E-state index is 1.02. The number of aliphatic imine (C=N–C) groups is 1. The van der Waals surface area contributed by atoms with Crippen LogP contribution in [0.15, 0.2) is 59.6 Å². The Morgan fingerprint density at radius 2 is 1.81 bits per heavy atom. The predicted octanol–water partition coefficient (Wildman–Crippen LogP) is 5.93. The number of fused-ring (bicyclic) bond motifs is 1. The highest BCUT2D eigenvalue weighted by molar-refractivity contribution is 7.19. The van der Waals surface area contributed by atoms with Gasteiger partial charge in [-0.2, -0.15) is 0 Å². The molecular formula is C19H19NS. The molecule has 21 heavy (non-hydrogen) atoms. The topological polar surface area (TPSA) is 12.4 Å². The minimum absolute atomic E-state index is 1.02. The molecule has 3 aromatic rings. The van der Waals surface area contributed by atoms with Crippen molar-refractivity contribution in [3.05, 3.63) is 65.0 Å². The van der Waals surface area contributed by atoms with Crippen molar-refractivity contribution < 1.29 is 0 Å². The Hall–Kier alpha value is -1.93. The van der Waals surface area contributed by atoms with E-state index >= 15 is 0 Å². The average Bonchev–Trinajstić information content (AvgIpc) is 2.90. The molecule has 0 fully saturated rings. The first-order valence-electron chi connectivity index (χ1n) is 7.29. The van der Waals surface area contributed by atoms with Gasteiger partial charge in [-0.25, -0.2) is 0 Å². The summed E-state index contributed by atoms with van der Waals surface area (Å²) in [6.45, 7) is 4.23. The van der Waals surface area contributed by atoms with Gasteiger partial charge < -0.3 is 0 Å². The van der Waals surface area contributed by atoms with Gasteiger partial charge in [0.1, 0.15) is 0 Å². The highest BCUT2D eigenvalue weighted by Gasteiger charge is 2.02. The summed E-state index contributed by atoms with van der Waals surface area (Å²) in [7, 11) is 0. The predicted molar refractivity (Wildman–Crippen MR) is 94.1 cm³/mol. The quantitative estimate of drug-likeness (QED) is 0.528. The third-order valence-electron chi connectivity index (χ3n) is 3.64. The molecule has 1 heterocycles. The standard InChI is InChI=1S/C19H19NS/c1-14-7-3-5-9-18(14)20-15(2)11-12-17-13-16-8-4-6-10-19(16)21-17/h3-10,13H,11-12H2,1-2H3. The number of para-hydroxylation sites is 1. The van der Waals surface area contributed by atoms with Crippen LogP contribution in [0.3, 0.4) is 0 Å². The number of thiophene rings is 1. The second-order valence-corrected chi connectivity index (χ2v) is 6.55. The lowest BCUT2D eigenvalue weighted by Crippen LogP contribution is -1.93. The summed E-state index contributed by atoms with van der Waals surface area (Å²) in [6, 6.07) is 19.2. The van der Waals surface area contributed by atoms with Gasteiger partial charge in [-0.15, -0.1) is 11.3 Å². The normalized spacial score (nSPS) is 12.0. The Labute approximate surface area is 130 Å². The second-order valence-electron chi connectivity index (χ2n) is 5.38. The van der Waals surface area contributed by atoms with E-state index in [0.717, 1.165) is 18.5 Å². The molecule has 1 aromatic heterocycles. The van der Waals surface area contributed by atoms with Crippen molar-refractivity contribution >= 4 is 32.8 Å². The lowest BCUT2D eigenvalue weighted by atomic mass is 10.1. The fourth-order valence-corrected chi connectivity index (χ4v) is 3.48. The van der Waals surface area contributed by atoms with Crippen LogP contribution < -0.4 is 0 Å². The molecule has 2 aromatic carbocycles. The summed E-state index contributed by atoms with van der Waals surface area (Å²) < 4.78 is 1.38. The zero-order valence-corrected chi connectivity index (χ0v) is 13.3. The van der Waals surface area contributed by atoms with Crippen LogP contribution in [-0.2, 0) is 6.42 Å². The van der Waals surface area contributed by atoms with Gasteiger partial charge in [0.25, 0.3) is 0 Å². The zero-order valence-electron chi connectivity index (χ0n) is 12.5. The maximum absolute atomic E-state index is 4.75. The summed E-state index contributed by atoms with van der Waals surface area (Å²) in [5, 5.41) is 1.35. The van der Waals surface area contributed by atoms with E-state index in [1.807, 2.05) is 17.4 Å². The van der Waals surface area contributed by atoms with Crippen molar-refractivity contribution in [3.8, 4) is 0 Å². The third-order valence-corrected chi connectivity index (χ3v) is 4.81. The molecule has 3 rings (SSSR count). The molecule has 0 unspecified atom stereocenters. The smallest absolute Gasteiger partial charge is 0.0658 e. The van der Waals surface area contributed by atoms with E-state index in [-0.39, 0.29) is 0 Å². The number of benzene rings is 2. The van der Waals surface area contributed by atoms with Gasteiger partial charge in [-0.1, -0.05) is 36.4 Å². The average molecular weight is 293 g/mol. The van der Waals surface area contributed by atoms with Gasteiger partial charge in [-0.05, 0) is 55.8 Å². The summed E-state index contributed by atoms with van der Waals surface area (Å²) >= 11 is 1.89. The molecule has 0 atom stereocenters. The molecule has 0 amide bonds. The van der Waals surface area contributed by atoms with Crippen LogP contribution in [0.25, 0.3) is 10.1 Å². The van der Waals surface area contributed by atoms with E-state index in [1.165, 1.54) is 26.2 Å². The van der Waals surface area contributed by atoms with E-state index in [0.29, 0.717) is 0 Å². The van der Waals surface area contributed by atoms with Crippen LogP contribution in [0.5, 0.6) is 0 Å². The number of nitrogens with zero attached hydrogens (tertiary/aromatic N) is 1. The summed E-state index contributed by atoms with van der Waals surface area (Å²) in [6.07, 6.45) is 2.09. The molecule has 0 radical (unpaired) electrons. The van der Waals surface area contributed by atoms with Crippen LogP contribution in [0.2, 0.25) is 0 Å². The first kappa shape index (κ1) is 14.0. The lowest BCUT2D eigenvalue weighted by Gasteiger charge is -2.02. The number of rotatable bonds is 4. The molecule has 0 spiro atoms. The Morgan fingerprint density at radius 3 is 2.62 bits per heavy atom. The molecular weight excluding hydrogens is 274 g/mol. The summed E-state index contributed by atoms with van der Waals surface area (Å²) in [5.74, 6) is 0. The molecule has 1 nitrogen and oxygen atoms in total.